The molecule has 0 unspecified atom stereocenters. The van der Waals surface area contributed by atoms with Crippen molar-refractivity contribution in [1.82, 2.24) is 24.8 Å². The molecule has 108 valence electrons. The van der Waals surface area contributed by atoms with Crippen molar-refractivity contribution >= 4 is 0 Å². The Balaban J connectivity index is 1.55. The molecule has 3 heterocycles. The number of aryl methyl sites for hydroxylation is 1. The Hall–Kier alpha value is -1.69. The van der Waals surface area contributed by atoms with Crippen LogP contribution in [0.15, 0.2) is 16.9 Å². The molecule has 0 saturated carbocycles. The lowest BCUT2D eigenvalue weighted by molar-refractivity contribution is 0.0790. The zero-order valence-corrected chi connectivity index (χ0v) is 12.5. The predicted molar refractivity (Wildman–Crippen MR) is 74.3 cm³/mol. The van der Waals surface area contributed by atoms with E-state index < -0.39 is 0 Å². The Morgan fingerprint density at radius 3 is 2.65 bits per heavy atom. The van der Waals surface area contributed by atoms with Gasteiger partial charge >= 0.3 is 0 Å². The van der Waals surface area contributed by atoms with Gasteiger partial charge in [0, 0.05) is 24.7 Å². The van der Waals surface area contributed by atoms with Crippen LogP contribution in [0, 0.1) is 6.92 Å². The van der Waals surface area contributed by atoms with Crippen LogP contribution in [-0.2, 0) is 12.0 Å². The van der Waals surface area contributed by atoms with Gasteiger partial charge in [0.05, 0.1) is 18.8 Å². The fourth-order valence-electron chi connectivity index (χ4n) is 2.29. The van der Waals surface area contributed by atoms with Gasteiger partial charge in [-0.1, -0.05) is 25.9 Å². The summed E-state index contributed by atoms with van der Waals surface area (Å²) in [6, 6.07) is 0.466. The monoisotopic (exact) mass is 275 g/mol. The number of likely N-dealkylation sites (tertiary alicyclic amines) is 1. The smallest absolute Gasteiger partial charge is 0.240 e. The number of rotatable bonds is 3. The van der Waals surface area contributed by atoms with Gasteiger partial charge in [0.15, 0.2) is 5.82 Å². The molecule has 3 rings (SSSR count). The highest BCUT2D eigenvalue weighted by Gasteiger charge is 2.30. The largest absolute Gasteiger partial charge is 0.338 e. The molecule has 0 aromatic carbocycles. The summed E-state index contributed by atoms with van der Waals surface area (Å²) in [6.07, 6.45) is 3.99. The van der Waals surface area contributed by atoms with E-state index in [1.54, 1.807) is 0 Å². The van der Waals surface area contributed by atoms with E-state index in [0.717, 1.165) is 25.5 Å². The standard InChI is InChI=1S/C14H21N5O/c1-10-5-15-19(6-10)11-7-18(8-11)9-12-16-13(17-20-12)14(2,3)4/h5-6,11H,7-9H2,1-4H3. The molecule has 0 radical (unpaired) electrons. The molecule has 0 spiro atoms. The zero-order chi connectivity index (χ0) is 14.3. The minimum atomic E-state index is -0.0637. The molecule has 0 N–H and O–H groups in total. The van der Waals surface area contributed by atoms with E-state index >= 15 is 0 Å². The number of aromatic nitrogens is 4. The van der Waals surface area contributed by atoms with E-state index in [0.29, 0.717) is 11.9 Å². The van der Waals surface area contributed by atoms with Crippen molar-refractivity contribution < 1.29 is 4.52 Å². The van der Waals surface area contributed by atoms with Crippen LogP contribution in [-0.4, -0.2) is 37.9 Å². The van der Waals surface area contributed by atoms with Crippen molar-refractivity contribution in [3.63, 3.8) is 0 Å². The first-order chi connectivity index (χ1) is 9.41. The lowest BCUT2D eigenvalue weighted by Crippen LogP contribution is -2.47. The van der Waals surface area contributed by atoms with Gasteiger partial charge in [-0.05, 0) is 12.5 Å². The molecule has 0 atom stereocenters. The van der Waals surface area contributed by atoms with Crippen molar-refractivity contribution in [2.24, 2.45) is 0 Å². The van der Waals surface area contributed by atoms with Gasteiger partial charge in [-0.25, -0.2) is 0 Å². The van der Waals surface area contributed by atoms with Gasteiger partial charge in [-0.2, -0.15) is 10.1 Å². The molecule has 0 aliphatic carbocycles. The summed E-state index contributed by atoms with van der Waals surface area (Å²) >= 11 is 0. The third-order valence-electron chi connectivity index (χ3n) is 3.54. The van der Waals surface area contributed by atoms with E-state index in [4.69, 9.17) is 4.52 Å². The predicted octanol–water partition coefficient (Wildman–Crippen LogP) is 1.93. The second-order valence-corrected chi connectivity index (χ2v) is 6.61. The highest BCUT2D eigenvalue weighted by atomic mass is 16.5. The fraction of sp³-hybridized carbons (Fsp3) is 0.643. The molecule has 1 aliphatic heterocycles. The Morgan fingerprint density at radius 2 is 2.10 bits per heavy atom. The van der Waals surface area contributed by atoms with Gasteiger partial charge in [0.2, 0.25) is 5.89 Å². The van der Waals surface area contributed by atoms with Crippen LogP contribution in [0.3, 0.4) is 0 Å². The summed E-state index contributed by atoms with van der Waals surface area (Å²) in [4.78, 5) is 6.76. The van der Waals surface area contributed by atoms with Crippen LogP contribution in [0.5, 0.6) is 0 Å². The maximum atomic E-state index is 5.32. The normalized spacial score (nSPS) is 17.4. The average Bonchev–Trinajstić information content (AvgIpc) is 2.90. The number of hydrogen-bond acceptors (Lipinski definition) is 5. The molecule has 1 aliphatic rings. The molecule has 1 fully saturated rings. The van der Waals surface area contributed by atoms with Gasteiger partial charge in [-0.3, -0.25) is 9.58 Å². The molecule has 1 saturated heterocycles. The van der Waals surface area contributed by atoms with E-state index in [2.05, 4.69) is 54.0 Å². The Morgan fingerprint density at radius 1 is 1.35 bits per heavy atom. The molecule has 6 nitrogen and oxygen atoms in total. The average molecular weight is 275 g/mol. The number of nitrogens with zero attached hydrogens (tertiary/aromatic N) is 5. The third kappa shape index (κ3) is 2.60. The Bertz CT molecular complexity index is 589. The molecule has 0 amide bonds. The third-order valence-corrected chi connectivity index (χ3v) is 3.54. The summed E-state index contributed by atoms with van der Waals surface area (Å²) in [6.45, 7) is 11.0. The van der Waals surface area contributed by atoms with Crippen LogP contribution in [0.2, 0.25) is 0 Å². The second-order valence-electron chi connectivity index (χ2n) is 6.61. The van der Waals surface area contributed by atoms with Crippen LogP contribution >= 0.6 is 0 Å². The van der Waals surface area contributed by atoms with Crippen LogP contribution in [0.25, 0.3) is 0 Å². The highest BCUT2D eigenvalue weighted by Crippen LogP contribution is 2.24. The summed E-state index contributed by atoms with van der Waals surface area (Å²) in [5.74, 6) is 1.47. The summed E-state index contributed by atoms with van der Waals surface area (Å²) < 4.78 is 7.36. The van der Waals surface area contributed by atoms with Crippen LogP contribution in [0.4, 0.5) is 0 Å². The minimum absolute atomic E-state index is 0.0637. The summed E-state index contributed by atoms with van der Waals surface area (Å²) in [5.41, 5.74) is 1.14. The lowest BCUT2D eigenvalue weighted by atomic mass is 9.96. The van der Waals surface area contributed by atoms with Gasteiger partial charge < -0.3 is 4.52 Å². The summed E-state index contributed by atoms with van der Waals surface area (Å²) in [7, 11) is 0. The quantitative estimate of drug-likeness (QED) is 0.856. The van der Waals surface area contributed by atoms with Crippen LogP contribution in [0.1, 0.15) is 44.1 Å². The maximum Gasteiger partial charge on any atom is 0.240 e. The lowest BCUT2D eigenvalue weighted by Gasteiger charge is -2.38. The first kappa shape index (κ1) is 13.3. The highest BCUT2D eigenvalue weighted by molar-refractivity contribution is 5.03. The minimum Gasteiger partial charge on any atom is -0.338 e. The van der Waals surface area contributed by atoms with Crippen molar-refractivity contribution in [3.8, 4) is 0 Å². The molecule has 2 aromatic rings. The van der Waals surface area contributed by atoms with Gasteiger partial charge in [0.1, 0.15) is 0 Å². The Kier molecular flexibility index (Phi) is 3.12. The van der Waals surface area contributed by atoms with Gasteiger partial charge in [0.25, 0.3) is 0 Å². The topological polar surface area (TPSA) is 60.0 Å². The van der Waals surface area contributed by atoms with Crippen molar-refractivity contribution in [3.05, 3.63) is 29.7 Å². The SMILES string of the molecule is Cc1cnn(C2CN(Cc3nc(C(C)(C)C)no3)C2)c1. The van der Waals surface area contributed by atoms with Gasteiger partial charge in [-0.15, -0.1) is 0 Å². The molecule has 0 bridgehead atoms. The second kappa shape index (κ2) is 4.70. The maximum absolute atomic E-state index is 5.32. The zero-order valence-electron chi connectivity index (χ0n) is 12.5. The van der Waals surface area contributed by atoms with E-state index in [1.165, 1.54) is 5.56 Å². The first-order valence-electron chi connectivity index (χ1n) is 6.98. The van der Waals surface area contributed by atoms with E-state index in [1.807, 2.05) is 10.9 Å². The van der Waals surface area contributed by atoms with Crippen LogP contribution < -0.4 is 0 Å². The first-order valence-corrected chi connectivity index (χ1v) is 6.98. The van der Waals surface area contributed by atoms with E-state index in [-0.39, 0.29) is 5.41 Å². The van der Waals surface area contributed by atoms with Crippen molar-refractivity contribution in [2.75, 3.05) is 13.1 Å². The van der Waals surface area contributed by atoms with Crippen molar-refractivity contribution in [1.29, 1.82) is 0 Å². The fourth-order valence-corrected chi connectivity index (χ4v) is 2.29. The Labute approximate surface area is 118 Å². The van der Waals surface area contributed by atoms with E-state index in [9.17, 15) is 0 Å². The number of hydrogen-bond donors (Lipinski definition) is 0. The molecular formula is C14H21N5O. The molecule has 20 heavy (non-hydrogen) atoms. The van der Waals surface area contributed by atoms with Crippen molar-refractivity contribution in [2.45, 2.75) is 45.7 Å². The summed E-state index contributed by atoms with van der Waals surface area (Å²) in [5, 5.41) is 8.40. The molecule has 2 aromatic heterocycles. The molecular weight excluding hydrogens is 254 g/mol. The molecule has 6 heteroatoms.